The molecule has 0 radical (unpaired) electrons. The minimum absolute atomic E-state index is 0.0272. The van der Waals surface area contributed by atoms with Crippen LogP contribution in [0.5, 0.6) is 0 Å². The van der Waals surface area contributed by atoms with Gasteiger partial charge < -0.3 is 9.73 Å². The zero-order valence-electron chi connectivity index (χ0n) is 9.16. The van der Waals surface area contributed by atoms with Crippen LogP contribution in [0.1, 0.15) is 29.4 Å². The number of aromatic nitrogens is 1. The van der Waals surface area contributed by atoms with E-state index in [1.54, 1.807) is 17.6 Å². The van der Waals surface area contributed by atoms with Crippen LogP contribution >= 0.6 is 27.3 Å². The molecule has 0 spiro atoms. The number of nitrogens with one attached hydrogen (secondary N) is 1. The van der Waals surface area contributed by atoms with Crippen LogP contribution in [-0.4, -0.2) is 11.5 Å². The summed E-state index contributed by atoms with van der Waals surface area (Å²) in [6, 6.07) is 1.93. The highest BCUT2D eigenvalue weighted by molar-refractivity contribution is 9.10. The molecule has 0 bridgehead atoms. The second-order valence-corrected chi connectivity index (χ2v) is 5.33. The Kier molecular flexibility index (Phi) is 3.78. The van der Waals surface area contributed by atoms with Crippen molar-refractivity contribution in [2.45, 2.75) is 19.9 Å². The molecule has 1 unspecified atom stereocenters. The molecule has 1 N–H and O–H groups in total. The van der Waals surface area contributed by atoms with Crippen LogP contribution in [0.2, 0.25) is 0 Å². The number of hydrogen-bond acceptors (Lipinski definition) is 4. The fourth-order valence-electron chi connectivity index (χ4n) is 1.56. The first kappa shape index (κ1) is 11.8. The van der Waals surface area contributed by atoms with Gasteiger partial charge in [0.1, 0.15) is 11.8 Å². The number of thiazole rings is 1. The molecular formula is C11H13BrN2OS. The van der Waals surface area contributed by atoms with E-state index < -0.39 is 0 Å². The highest BCUT2D eigenvalue weighted by Crippen LogP contribution is 2.29. The Morgan fingerprint density at radius 3 is 2.94 bits per heavy atom. The monoisotopic (exact) mass is 300 g/mol. The largest absolute Gasteiger partial charge is 0.466 e. The average molecular weight is 301 g/mol. The first-order valence-electron chi connectivity index (χ1n) is 5.10. The Hall–Kier alpha value is -0.650. The summed E-state index contributed by atoms with van der Waals surface area (Å²) >= 11 is 5.14. The lowest BCUT2D eigenvalue weighted by atomic mass is 10.2. The average Bonchev–Trinajstić information content (AvgIpc) is 2.84. The van der Waals surface area contributed by atoms with Gasteiger partial charge in [-0.15, -0.1) is 11.3 Å². The maximum Gasteiger partial charge on any atom is 0.140 e. The SMILES string of the molecule is CCNC(c1csc(C)n1)c1occc1Br. The number of aryl methyl sites for hydroxylation is 1. The van der Waals surface area contributed by atoms with Gasteiger partial charge in [0, 0.05) is 5.38 Å². The van der Waals surface area contributed by atoms with E-state index in [9.17, 15) is 0 Å². The van der Waals surface area contributed by atoms with Crippen LogP contribution in [0.25, 0.3) is 0 Å². The molecule has 0 aromatic carbocycles. The Bertz CT molecular complexity index is 466. The molecule has 0 saturated carbocycles. The highest BCUT2D eigenvalue weighted by atomic mass is 79.9. The van der Waals surface area contributed by atoms with Crippen molar-refractivity contribution in [3.05, 3.63) is 38.6 Å². The second-order valence-electron chi connectivity index (χ2n) is 3.41. The highest BCUT2D eigenvalue weighted by Gasteiger charge is 2.21. The molecule has 1 atom stereocenters. The quantitative estimate of drug-likeness (QED) is 0.939. The van der Waals surface area contributed by atoms with Gasteiger partial charge in [-0.05, 0) is 35.5 Å². The zero-order valence-corrected chi connectivity index (χ0v) is 11.6. The lowest BCUT2D eigenvalue weighted by molar-refractivity contribution is 0.446. The van der Waals surface area contributed by atoms with E-state index in [0.29, 0.717) is 0 Å². The Morgan fingerprint density at radius 2 is 2.44 bits per heavy atom. The van der Waals surface area contributed by atoms with Gasteiger partial charge in [0.05, 0.1) is 21.4 Å². The molecule has 2 aromatic heterocycles. The van der Waals surface area contributed by atoms with Crippen molar-refractivity contribution < 1.29 is 4.42 Å². The maximum absolute atomic E-state index is 5.50. The molecule has 2 heterocycles. The molecule has 2 rings (SSSR count). The first-order chi connectivity index (χ1) is 7.72. The molecule has 2 aromatic rings. The molecule has 0 aliphatic rings. The lowest BCUT2D eigenvalue weighted by Gasteiger charge is -2.13. The summed E-state index contributed by atoms with van der Waals surface area (Å²) in [6.07, 6.45) is 1.68. The number of halogens is 1. The molecule has 86 valence electrons. The van der Waals surface area contributed by atoms with Crippen molar-refractivity contribution in [1.82, 2.24) is 10.3 Å². The van der Waals surface area contributed by atoms with E-state index in [0.717, 1.165) is 27.5 Å². The molecule has 5 heteroatoms. The van der Waals surface area contributed by atoms with Crippen LogP contribution in [-0.2, 0) is 0 Å². The molecule has 0 fully saturated rings. The van der Waals surface area contributed by atoms with Crippen LogP contribution in [0.3, 0.4) is 0 Å². The fourth-order valence-corrected chi connectivity index (χ4v) is 2.63. The van der Waals surface area contributed by atoms with Gasteiger partial charge in [-0.1, -0.05) is 6.92 Å². The predicted octanol–water partition coefficient (Wildman–Crippen LogP) is 3.51. The zero-order chi connectivity index (χ0) is 11.5. The Balaban J connectivity index is 2.34. The molecule has 0 saturated heterocycles. The molecule has 3 nitrogen and oxygen atoms in total. The summed E-state index contributed by atoms with van der Waals surface area (Å²) in [4.78, 5) is 4.50. The summed E-state index contributed by atoms with van der Waals surface area (Å²) in [7, 11) is 0. The topological polar surface area (TPSA) is 38.1 Å². The third-order valence-corrected chi connectivity index (χ3v) is 3.69. The van der Waals surface area contributed by atoms with E-state index in [2.05, 4.69) is 38.5 Å². The van der Waals surface area contributed by atoms with Gasteiger partial charge in [-0.3, -0.25) is 0 Å². The van der Waals surface area contributed by atoms with Crippen LogP contribution in [0.15, 0.2) is 26.6 Å². The van der Waals surface area contributed by atoms with E-state index in [-0.39, 0.29) is 6.04 Å². The van der Waals surface area contributed by atoms with Gasteiger partial charge in [-0.25, -0.2) is 4.98 Å². The maximum atomic E-state index is 5.50. The second kappa shape index (κ2) is 5.12. The third kappa shape index (κ3) is 2.36. The van der Waals surface area contributed by atoms with Gasteiger partial charge >= 0.3 is 0 Å². The Morgan fingerprint density at radius 1 is 1.62 bits per heavy atom. The summed E-state index contributed by atoms with van der Waals surface area (Å²) in [5.41, 5.74) is 1.01. The molecule has 0 amide bonds. The van der Waals surface area contributed by atoms with Gasteiger partial charge in [0.15, 0.2) is 0 Å². The van der Waals surface area contributed by atoms with Gasteiger partial charge in [0.25, 0.3) is 0 Å². The normalized spacial score (nSPS) is 12.9. The number of rotatable bonds is 4. The molecule has 0 aliphatic carbocycles. The summed E-state index contributed by atoms with van der Waals surface area (Å²) in [6.45, 7) is 4.95. The summed E-state index contributed by atoms with van der Waals surface area (Å²) < 4.78 is 6.47. The van der Waals surface area contributed by atoms with Crippen LogP contribution in [0.4, 0.5) is 0 Å². The number of nitrogens with zero attached hydrogens (tertiary/aromatic N) is 1. The Labute approximate surface area is 107 Å². The standard InChI is InChI=1S/C11H13BrN2OS/c1-3-13-10(9-6-16-7(2)14-9)11-8(12)4-5-15-11/h4-6,10,13H,3H2,1-2H3. The third-order valence-electron chi connectivity index (χ3n) is 2.25. The van der Waals surface area contributed by atoms with Crippen LogP contribution in [0, 0.1) is 6.92 Å². The van der Waals surface area contributed by atoms with Gasteiger partial charge in [-0.2, -0.15) is 0 Å². The van der Waals surface area contributed by atoms with Crippen molar-refractivity contribution in [2.24, 2.45) is 0 Å². The molecular weight excluding hydrogens is 288 g/mol. The summed E-state index contributed by atoms with van der Waals surface area (Å²) in [5, 5.41) is 6.51. The number of hydrogen-bond donors (Lipinski definition) is 1. The summed E-state index contributed by atoms with van der Waals surface area (Å²) in [5.74, 6) is 0.882. The van der Waals surface area contributed by atoms with Crippen molar-refractivity contribution in [1.29, 1.82) is 0 Å². The smallest absolute Gasteiger partial charge is 0.140 e. The van der Waals surface area contributed by atoms with E-state index in [4.69, 9.17) is 4.42 Å². The van der Waals surface area contributed by atoms with E-state index >= 15 is 0 Å². The van der Waals surface area contributed by atoms with Gasteiger partial charge in [0.2, 0.25) is 0 Å². The first-order valence-corrected chi connectivity index (χ1v) is 6.78. The van der Waals surface area contributed by atoms with Crippen molar-refractivity contribution in [3.63, 3.8) is 0 Å². The molecule has 16 heavy (non-hydrogen) atoms. The minimum Gasteiger partial charge on any atom is -0.466 e. The fraction of sp³-hybridized carbons (Fsp3) is 0.364. The number of furan rings is 1. The lowest BCUT2D eigenvalue weighted by Crippen LogP contribution is -2.22. The van der Waals surface area contributed by atoms with E-state index in [1.165, 1.54) is 0 Å². The minimum atomic E-state index is 0.0272. The van der Waals surface area contributed by atoms with E-state index in [1.807, 2.05) is 13.0 Å². The molecule has 0 aliphatic heterocycles. The van der Waals surface area contributed by atoms with Crippen molar-refractivity contribution in [3.8, 4) is 0 Å². The van der Waals surface area contributed by atoms with Crippen molar-refractivity contribution >= 4 is 27.3 Å². The predicted molar refractivity (Wildman–Crippen MR) is 68.8 cm³/mol. The van der Waals surface area contributed by atoms with Crippen LogP contribution < -0.4 is 5.32 Å². The van der Waals surface area contributed by atoms with Crippen molar-refractivity contribution in [2.75, 3.05) is 6.54 Å².